The highest BCUT2D eigenvalue weighted by Crippen LogP contribution is 2.18. The molecule has 0 spiro atoms. The second-order valence-electron chi connectivity index (χ2n) is 4.48. The van der Waals surface area contributed by atoms with Crippen molar-refractivity contribution in [3.05, 3.63) is 0 Å². The molecule has 0 atom stereocenters. The summed E-state index contributed by atoms with van der Waals surface area (Å²) < 4.78 is 2.41. The maximum absolute atomic E-state index is 2.70. The van der Waals surface area contributed by atoms with E-state index in [1.54, 1.807) is 0 Å². The molecule has 2 aliphatic heterocycles. The third-order valence-electron chi connectivity index (χ3n) is 3.46. The van der Waals surface area contributed by atoms with Gasteiger partial charge < -0.3 is 4.90 Å². The average Bonchev–Trinajstić information content (AvgIpc) is 2.21. The maximum Gasteiger partial charge on any atom is 0.0209 e. The van der Waals surface area contributed by atoms with Crippen molar-refractivity contribution < 1.29 is 0 Å². The van der Waals surface area contributed by atoms with Crippen LogP contribution in [0.4, 0.5) is 0 Å². The Bertz CT molecular complexity index is 152. The highest BCUT2D eigenvalue weighted by atomic mass is 127. The maximum atomic E-state index is 2.70. The lowest BCUT2D eigenvalue weighted by atomic mass is 10.0. The smallest absolute Gasteiger partial charge is 0.0209 e. The number of piperazine rings is 1. The molecular weight excluding hydrogens is 289 g/mol. The Balaban J connectivity index is 1.78. The molecule has 0 aliphatic carbocycles. The predicted octanol–water partition coefficient (Wildman–Crippen LogP) is 1.05. The highest BCUT2D eigenvalue weighted by Gasteiger charge is 2.25. The van der Waals surface area contributed by atoms with Crippen LogP contribution in [0.1, 0.15) is 12.8 Å². The Morgan fingerprint density at radius 2 is 1.50 bits per heavy atom. The zero-order chi connectivity index (χ0) is 9.97. The lowest BCUT2D eigenvalue weighted by molar-refractivity contribution is 0.0955. The van der Waals surface area contributed by atoms with Crippen molar-refractivity contribution in [2.75, 3.05) is 46.3 Å². The summed E-state index contributed by atoms with van der Waals surface area (Å²) >= 11 is 2.44. The van der Waals surface area contributed by atoms with Gasteiger partial charge in [0.05, 0.1) is 0 Å². The van der Waals surface area contributed by atoms with E-state index >= 15 is 0 Å². The van der Waals surface area contributed by atoms with E-state index in [4.69, 9.17) is 0 Å². The number of hydrogen-bond donors (Lipinski definition) is 0. The molecule has 0 aromatic rings. The lowest BCUT2D eigenvalue weighted by Crippen LogP contribution is -2.50. The first-order valence-corrected chi connectivity index (χ1v) is 6.55. The van der Waals surface area contributed by atoms with E-state index in [1.807, 2.05) is 0 Å². The van der Waals surface area contributed by atoms with Gasteiger partial charge in [0, 0.05) is 55.1 Å². The van der Waals surface area contributed by atoms with Gasteiger partial charge in [-0.2, -0.15) is 0 Å². The highest BCUT2D eigenvalue weighted by molar-refractivity contribution is 14.1. The van der Waals surface area contributed by atoms with E-state index in [-0.39, 0.29) is 0 Å². The summed E-state index contributed by atoms with van der Waals surface area (Å²) in [5.41, 5.74) is 0. The molecule has 0 aromatic carbocycles. The standard InChI is InChI=1S/C10H20IN3/c1-12-4-2-10(3-5-12)13-6-8-14(11)9-7-13/h10H,2-9H2,1H3. The van der Waals surface area contributed by atoms with E-state index in [2.05, 4.69) is 42.8 Å². The van der Waals surface area contributed by atoms with Gasteiger partial charge in [-0.15, -0.1) is 0 Å². The van der Waals surface area contributed by atoms with Gasteiger partial charge in [-0.05, 0) is 33.0 Å². The van der Waals surface area contributed by atoms with Crippen molar-refractivity contribution in [2.45, 2.75) is 18.9 Å². The topological polar surface area (TPSA) is 9.72 Å². The molecule has 0 radical (unpaired) electrons. The van der Waals surface area contributed by atoms with Crippen molar-refractivity contribution in [3.8, 4) is 0 Å². The van der Waals surface area contributed by atoms with Crippen molar-refractivity contribution >= 4 is 22.9 Å². The van der Waals surface area contributed by atoms with Crippen LogP contribution in [0.15, 0.2) is 0 Å². The fourth-order valence-corrected chi connectivity index (χ4v) is 2.85. The van der Waals surface area contributed by atoms with Crippen LogP contribution < -0.4 is 0 Å². The van der Waals surface area contributed by atoms with Crippen LogP contribution in [0.5, 0.6) is 0 Å². The Morgan fingerprint density at radius 1 is 0.929 bits per heavy atom. The minimum absolute atomic E-state index is 0.872. The zero-order valence-corrected chi connectivity index (χ0v) is 11.1. The third-order valence-corrected chi connectivity index (χ3v) is 4.43. The molecule has 2 saturated heterocycles. The number of likely N-dealkylation sites (tertiary alicyclic amines) is 1. The summed E-state index contributed by atoms with van der Waals surface area (Å²) in [7, 11) is 2.24. The Kier molecular flexibility index (Phi) is 4.04. The molecule has 2 aliphatic rings. The van der Waals surface area contributed by atoms with Gasteiger partial charge in [0.1, 0.15) is 0 Å². The molecule has 0 aromatic heterocycles. The molecule has 0 bridgehead atoms. The summed E-state index contributed by atoms with van der Waals surface area (Å²) in [6.45, 7) is 7.61. The Labute approximate surface area is 101 Å². The third kappa shape index (κ3) is 2.81. The van der Waals surface area contributed by atoms with Gasteiger partial charge in [0.2, 0.25) is 0 Å². The fraction of sp³-hybridized carbons (Fsp3) is 1.00. The summed E-state index contributed by atoms with van der Waals surface area (Å²) in [5.74, 6) is 0. The first kappa shape index (κ1) is 11.1. The van der Waals surface area contributed by atoms with Gasteiger partial charge in [-0.1, -0.05) is 0 Å². The molecule has 2 fully saturated rings. The molecule has 2 heterocycles. The van der Waals surface area contributed by atoms with Gasteiger partial charge >= 0.3 is 0 Å². The molecule has 0 unspecified atom stereocenters. The number of piperidine rings is 1. The number of nitrogens with zero attached hydrogens (tertiary/aromatic N) is 3. The minimum atomic E-state index is 0.872. The van der Waals surface area contributed by atoms with Crippen LogP contribution in [0, 0.1) is 0 Å². The largest absolute Gasteiger partial charge is 0.306 e. The molecule has 3 nitrogen and oxygen atoms in total. The fourth-order valence-electron chi connectivity index (χ4n) is 2.42. The number of halogens is 1. The van der Waals surface area contributed by atoms with Crippen LogP contribution in [-0.4, -0.2) is 65.3 Å². The van der Waals surface area contributed by atoms with Crippen molar-refractivity contribution in [2.24, 2.45) is 0 Å². The monoisotopic (exact) mass is 309 g/mol. The summed E-state index contributed by atoms with van der Waals surface area (Å²) in [6.07, 6.45) is 2.75. The van der Waals surface area contributed by atoms with Crippen molar-refractivity contribution in [1.82, 2.24) is 12.9 Å². The molecule has 0 N–H and O–H groups in total. The second-order valence-corrected chi connectivity index (χ2v) is 5.84. The molecule has 0 saturated carbocycles. The normalized spacial score (nSPS) is 29.6. The first-order chi connectivity index (χ1) is 6.75. The summed E-state index contributed by atoms with van der Waals surface area (Å²) in [6, 6.07) is 0.872. The van der Waals surface area contributed by atoms with Gasteiger partial charge in [-0.3, -0.25) is 4.90 Å². The van der Waals surface area contributed by atoms with E-state index < -0.39 is 0 Å². The molecule has 2 rings (SSSR count). The molecule has 82 valence electrons. The van der Waals surface area contributed by atoms with Crippen LogP contribution in [0.2, 0.25) is 0 Å². The van der Waals surface area contributed by atoms with Gasteiger partial charge in [-0.25, -0.2) is 3.11 Å². The molecule has 0 amide bonds. The molecular formula is C10H20IN3. The van der Waals surface area contributed by atoms with Gasteiger partial charge in [0.15, 0.2) is 0 Å². The Hall–Kier alpha value is 0.610. The van der Waals surface area contributed by atoms with Crippen LogP contribution >= 0.6 is 22.9 Å². The quantitative estimate of drug-likeness (QED) is 0.529. The molecule has 4 heteroatoms. The van der Waals surface area contributed by atoms with Crippen LogP contribution in [0.25, 0.3) is 0 Å². The average molecular weight is 309 g/mol. The summed E-state index contributed by atoms with van der Waals surface area (Å²) in [5, 5.41) is 0. The van der Waals surface area contributed by atoms with Crippen LogP contribution in [0.3, 0.4) is 0 Å². The SMILES string of the molecule is CN1CCC(N2CCN(I)CC2)CC1. The summed E-state index contributed by atoms with van der Waals surface area (Å²) in [4.78, 5) is 5.15. The van der Waals surface area contributed by atoms with E-state index in [9.17, 15) is 0 Å². The number of hydrogen-bond acceptors (Lipinski definition) is 3. The van der Waals surface area contributed by atoms with E-state index in [0.717, 1.165) is 6.04 Å². The lowest BCUT2D eigenvalue weighted by Gasteiger charge is -2.40. The first-order valence-electron chi connectivity index (χ1n) is 5.59. The van der Waals surface area contributed by atoms with E-state index in [1.165, 1.54) is 52.1 Å². The van der Waals surface area contributed by atoms with Crippen molar-refractivity contribution in [3.63, 3.8) is 0 Å². The predicted molar refractivity (Wildman–Crippen MR) is 67.7 cm³/mol. The zero-order valence-electron chi connectivity index (χ0n) is 8.95. The second kappa shape index (κ2) is 5.09. The van der Waals surface area contributed by atoms with Crippen LogP contribution in [-0.2, 0) is 0 Å². The minimum Gasteiger partial charge on any atom is -0.306 e. The van der Waals surface area contributed by atoms with E-state index in [0.29, 0.717) is 0 Å². The van der Waals surface area contributed by atoms with Crippen molar-refractivity contribution in [1.29, 1.82) is 0 Å². The Morgan fingerprint density at radius 3 is 2.07 bits per heavy atom. The number of rotatable bonds is 1. The van der Waals surface area contributed by atoms with Gasteiger partial charge in [0.25, 0.3) is 0 Å². The molecule has 14 heavy (non-hydrogen) atoms.